The molecule has 0 unspecified atom stereocenters. The molecule has 7 heteroatoms. The first-order valence-corrected chi connectivity index (χ1v) is 7.37. The zero-order valence-electron chi connectivity index (χ0n) is 10.9. The molecule has 0 radical (unpaired) electrons. The number of hydrogen-bond donors (Lipinski definition) is 1. The second-order valence-corrected chi connectivity index (χ2v) is 6.06. The van der Waals surface area contributed by atoms with Crippen LogP contribution in [0.15, 0.2) is 35.7 Å². The van der Waals surface area contributed by atoms with E-state index in [1.165, 1.54) is 6.33 Å². The summed E-state index contributed by atoms with van der Waals surface area (Å²) in [6, 6.07) is 5.27. The van der Waals surface area contributed by atoms with Crippen molar-refractivity contribution in [2.75, 3.05) is 6.54 Å². The summed E-state index contributed by atoms with van der Waals surface area (Å²) >= 11 is 0. The first kappa shape index (κ1) is 13.7. The largest absolute Gasteiger partial charge is 0.252 e. The van der Waals surface area contributed by atoms with Gasteiger partial charge in [-0.2, -0.15) is 5.10 Å². The Morgan fingerprint density at radius 2 is 2.11 bits per heavy atom. The van der Waals surface area contributed by atoms with Gasteiger partial charge in [0.2, 0.25) is 10.0 Å². The van der Waals surface area contributed by atoms with E-state index in [0.717, 1.165) is 11.1 Å². The van der Waals surface area contributed by atoms with Gasteiger partial charge in [0.1, 0.15) is 12.7 Å². The van der Waals surface area contributed by atoms with Crippen LogP contribution in [0.1, 0.15) is 11.1 Å². The Morgan fingerprint density at radius 1 is 1.32 bits per heavy atom. The Hall–Kier alpha value is -1.73. The average molecular weight is 280 g/mol. The number of aromatic nitrogens is 3. The minimum atomic E-state index is -3.47. The van der Waals surface area contributed by atoms with Gasteiger partial charge in [-0.05, 0) is 25.5 Å². The van der Waals surface area contributed by atoms with Gasteiger partial charge >= 0.3 is 0 Å². The van der Waals surface area contributed by atoms with E-state index in [1.807, 2.05) is 13.0 Å². The maximum atomic E-state index is 12.1. The summed E-state index contributed by atoms with van der Waals surface area (Å²) in [6.07, 6.45) is 2.96. The highest BCUT2D eigenvalue weighted by atomic mass is 32.2. The van der Waals surface area contributed by atoms with E-state index in [0.29, 0.717) is 11.4 Å². The molecule has 0 atom stereocenters. The highest BCUT2D eigenvalue weighted by Gasteiger charge is 2.15. The number of rotatable bonds is 5. The van der Waals surface area contributed by atoms with Gasteiger partial charge in [-0.3, -0.25) is 4.68 Å². The quantitative estimate of drug-likeness (QED) is 0.881. The highest BCUT2D eigenvalue weighted by Crippen LogP contribution is 2.15. The van der Waals surface area contributed by atoms with Crippen LogP contribution in [0.3, 0.4) is 0 Å². The molecule has 0 aliphatic rings. The normalized spacial score (nSPS) is 11.7. The predicted octanol–water partition coefficient (Wildman–Crippen LogP) is 0.873. The maximum Gasteiger partial charge on any atom is 0.240 e. The van der Waals surface area contributed by atoms with Gasteiger partial charge in [0.05, 0.1) is 11.4 Å². The lowest BCUT2D eigenvalue weighted by molar-refractivity contribution is 0.560. The second kappa shape index (κ2) is 5.50. The monoisotopic (exact) mass is 280 g/mol. The molecule has 1 heterocycles. The molecule has 1 aromatic heterocycles. The van der Waals surface area contributed by atoms with Crippen molar-refractivity contribution in [3.8, 4) is 0 Å². The molecule has 2 rings (SSSR count). The van der Waals surface area contributed by atoms with Crippen LogP contribution in [0.25, 0.3) is 0 Å². The Labute approximate surface area is 112 Å². The van der Waals surface area contributed by atoms with Gasteiger partial charge < -0.3 is 0 Å². The van der Waals surface area contributed by atoms with Crippen molar-refractivity contribution in [3.63, 3.8) is 0 Å². The van der Waals surface area contributed by atoms with Gasteiger partial charge in [-0.25, -0.2) is 18.1 Å². The molecule has 0 amide bonds. The van der Waals surface area contributed by atoms with Crippen molar-refractivity contribution in [1.29, 1.82) is 0 Å². The molecule has 6 nitrogen and oxygen atoms in total. The molecule has 1 N–H and O–H groups in total. The van der Waals surface area contributed by atoms with Crippen molar-refractivity contribution in [2.24, 2.45) is 0 Å². The molecule has 1 aromatic carbocycles. The van der Waals surface area contributed by atoms with Crippen molar-refractivity contribution in [3.05, 3.63) is 42.0 Å². The van der Waals surface area contributed by atoms with Crippen LogP contribution in [-0.2, 0) is 16.6 Å². The van der Waals surface area contributed by atoms with Crippen molar-refractivity contribution >= 4 is 10.0 Å². The van der Waals surface area contributed by atoms with Crippen LogP contribution in [0.5, 0.6) is 0 Å². The van der Waals surface area contributed by atoms with Crippen LogP contribution >= 0.6 is 0 Å². The minimum absolute atomic E-state index is 0.277. The van der Waals surface area contributed by atoms with Gasteiger partial charge in [-0.15, -0.1) is 0 Å². The predicted molar refractivity (Wildman–Crippen MR) is 71.1 cm³/mol. The third-order valence-electron chi connectivity index (χ3n) is 2.72. The lowest BCUT2D eigenvalue weighted by atomic mass is 10.2. The Morgan fingerprint density at radius 3 is 2.74 bits per heavy atom. The Kier molecular flexibility index (Phi) is 3.96. The molecular formula is C12H16N4O2S. The fourth-order valence-electron chi connectivity index (χ4n) is 1.82. The Bertz CT molecular complexity index is 650. The van der Waals surface area contributed by atoms with Crippen LogP contribution in [0.4, 0.5) is 0 Å². The van der Waals surface area contributed by atoms with Crippen molar-refractivity contribution < 1.29 is 8.42 Å². The minimum Gasteiger partial charge on any atom is -0.252 e. The van der Waals surface area contributed by atoms with E-state index in [1.54, 1.807) is 30.1 Å². The smallest absolute Gasteiger partial charge is 0.240 e. The third-order valence-corrected chi connectivity index (χ3v) is 4.34. The summed E-state index contributed by atoms with van der Waals surface area (Å²) < 4.78 is 28.4. The van der Waals surface area contributed by atoms with Crippen molar-refractivity contribution in [1.82, 2.24) is 19.5 Å². The molecule has 0 aliphatic carbocycles. The van der Waals surface area contributed by atoms with E-state index >= 15 is 0 Å². The first-order chi connectivity index (χ1) is 8.99. The van der Waals surface area contributed by atoms with Crippen molar-refractivity contribution in [2.45, 2.75) is 25.3 Å². The zero-order chi connectivity index (χ0) is 13.9. The summed E-state index contributed by atoms with van der Waals surface area (Å²) in [5, 5.41) is 3.91. The van der Waals surface area contributed by atoms with Gasteiger partial charge in [0, 0.05) is 6.54 Å². The fraction of sp³-hybridized carbons (Fsp3) is 0.333. The van der Waals surface area contributed by atoms with E-state index in [2.05, 4.69) is 14.8 Å². The number of sulfonamides is 1. The fourth-order valence-corrected chi connectivity index (χ4v) is 3.07. The molecule has 19 heavy (non-hydrogen) atoms. The van der Waals surface area contributed by atoms with E-state index in [9.17, 15) is 8.42 Å². The molecule has 0 saturated carbocycles. The molecule has 0 fully saturated rings. The summed E-state index contributed by atoms with van der Waals surface area (Å²) in [4.78, 5) is 4.11. The average Bonchev–Trinajstić information content (AvgIpc) is 2.81. The summed E-state index contributed by atoms with van der Waals surface area (Å²) in [7, 11) is -3.47. The van der Waals surface area contributed by atoms with Crippen LogP contribution in [0.2, 0.25) is 0 Å². The number of nitrogens with one attached hydrogen (secondary N) is 1. The number of benzene rings is 1. The number of aryl methyl sites for hydroxylation is 2. The SMILES string of the molecule is Cc1ccc(S(=O)(=O)NCCn2cncn2)c(C)c1. The molecule has 0 aliphatic heterocycles. The Balaban J connectivity index is 2.05. The summed E-state index contributed by atoms with van der Waals surface area (Å²) in [6.45, 7) is 4.45. The number of nitrogens with zero attached hydrogens (tertiary/aromatic N) is 3. The van der Waals surface area contributed by atoms with Crippen LogP contribution in [0, 0.1) is 13.8 Å². The summed E-state index contributed by atoms with van der Waals surface area (Å²) in [5.41, 5.74) is 1.78. The first-order valence-electron chi connectivity index (χ1n) is 5.88. The highest BCUT2D eigenvalue weighted by molar-refractivity contribution is 7.89. The lowest BCUT2D eigenvalue weighted by Gasteiger charge is -2.09. The van der Waals surface area contributed by atoms with Crippen LogP contribution < -0.4 is 4.72 Å². The number of hydrogen-bond acceptors (Lipinski definition) is 4. The van der Waals surface area contributed by atoms with E-state index < -0.39 is 10.0 Å². The zero-order valence-corrected chi connectivity index (χ0v) is 11.7. The molecule has 0 spiro atoms. The third kappa shape index (κ3) is 3.39. The van der Waals surface area contributed by atoms with E-state index in [4.69, 9.17) is 0 Å². The van der Waals surface area contributed by atoms with Gasteiger partial charge in [0.25, 0.3) is 0 Å². The standard InChI is InChI=1S/C12H16N4O2S/c1-10-3-4-12(11(2)7-10)19(17,18)15-5-6-16-9-13-8-14-16/h3-4,7-9,15H,5-6H2,1-2H3. The second-order valence-electron chi connectivity index (χ2n) is 4.33. The lowest BCUT2D eigenvalue weighted by Crippen LogP contribution is -2.28. The van der Waals surface area contributed by atoms with Gasteiger partial charge in [0.15, 0.2) is 0 Å². The molecule has 102 valence electrons. The maximum absolute atomic E-state index is 12.1. The summed E-state index contributed by atoms with van der Waals surface area (Å²) in [5.74, 6) is 0. The molecule has 0 saturated heterocycles. The topological polar surface area (TPSA) is 76.9 Å². The molecule has 2 aromatic rings. The molecule has 0 bridgehead atoms. The van der Waals surface area contributed by atoms with Crippen LogP contribution in [-0.4, -0.2) is 29.7 Å². The van der Waals surface area contributed by atoms with Gasteiger partial charge in [-0.1, -0.05) is 17.7 Å². The molecular weight excluding hydrogens is 264 g/mol. The van der Waals surface area contributed by atoms with E-state index in [-0.39, 0.29) is 6.54 Å².